The van der Waals surface area contributed by atoms with Gasteiger partial charge in [-0.05, 0) is 46.5 Å². The van der Waals surface area contributed by atoms with Gasteiger partial charge >= 0.3 is 6.09 Å². The lowest BCUT2D eigenvalue weighted by Gasteiger charge is -2.18. The minimum Gasteiger partial charge on any atom is -0.441 e. The second-order valence-electron chi connectivity index (χ2n) is 9.18. The quantitative estimate of drug-likeness (QED) is 0.534. The SMILES string of the molecule is CC(C)c1ccc(NC(=O)OC2COC3C(NS(=O)(=O)c4ccc5ccccc5c4)COC23)cc1. The number of carbonyl (C=O) groups is 1. The maximum Gasteiger partial charge on any atom is 0.412 e. The molecule has 0 aliphatic carbocycles. The Morgan fingerprint density at radius 1 is 0.943 bits per heavy atom. The third-order valence-electron chi connectivity index (χ3n) is 6.43. The Kier molecular flexibility index (Phi) is 6.50. The van der Waals surface area contributed by atoms with Crippen molar-refractivity contribution in [1.82, 2.24) is 4.72 Å². The molecule has 0 aromatic heterocycles. The van der Waals surface area contributed by atoms with Gasteiger partial charge in [0.05, 0.1) is 24.2 Å². The highest BCUT2D eigenvalue weighted by Gasteiger charge is 2.50. The monoisotopic (exact) mass is 496 g/mol. The predicted molar refractivity (Wildman–Crippen MR) is 132 cm³/mol. The maximum atomic E-state index is 13.0. The van der Waals surface area contributed by atoms with Crippen molar-refractivity contribution < 1.29 is 27.4 Å². The second kappa shape index (κ2) is 9.58. The van der Waals surface area contributed by atoms with Crippen molar-refractivity contribution in [3.8, 4) is 0 Å². The lowest BCUT2D eigenvalue weighted by atomic mass is 10.0. The van der Waals surface area contributed by atoms with Gasteiger partial charge in [0.1, 0.15) is 12.2 Å². The first kappa shape index (κ1) is 23.7. The third-order valence-corrected chi connectivity index (χ3v) is 7.92. The van der Waals surface area contributed by atoms with Crippen LogP contribution in [0.5, 0.6) is 0 Å². The van der Waals surface area contributed by atoms with E-state index in [0.717, 1.165) is 10.8 Å². The summed E-state index contributed by atoms with van der Waals surface area (Å²) in [6.07, 6.45) is -2.34. The van der Waals surface area contributed by atoms with E-state index in [2.05, 4.69) is 23.9 Å². The van der Waals surface area contributed by atoms with E-state index in [0.29, 0.717) is 11.6 Å². The van der Waals surface area contributed by atoms with Gasteiger partial charge in [0.15, 0.2) is 6.10 Å². The van der Waals surface area contributed by atoms with Gasteiger partial charge in [0.2, 0.25) is 10.0 Å². The Bertz CT molecular complexity index is 1330. The molecule has 2 fully saturated rings. The Morgan fingerprint density at radius 2 is 1.66 bits per heavy atom. The van der Waals surface area contributed by atoms with Crippen molar-refractivity contribution in [3.05, 3.63) is 72.3 Å². The number of fused-ring (bicyclic) bond motifs is 2. The molecule has 2 aliphatic rings. The minimum absolute atomic E-state index is 0.125. The van der Waals surface area contributed by atoms with Gasteiger partial charge in [0.25, 0.3) is 0 Å². The van der Waals surface area contributed by atoms with E-state index in [4.69, 9.17) is 14.2 Å². The molecule has 5 rings (SSSR count). The topological polar surface area (TPSA) is 103 Å². The third kappa shape index (κ3) is 5.04. The fourth-order valence-electron chi connectivity index (χ4n) is 4.50. The zero-order valence-corrected chi connectivity index (χ0v) is 20.3. The summed E-state index contributed by atoms with van der Waals surface area (Å²) in [5.41, 5.74) is 1.80. The van der Waals surface area contributed by atoms with Crippen molar-refractivity contribution in [1.29, 1.82) is 0 Å². The summed E-state index contributed by atoms with van der Waals surface area (Å²) in [7, 11) is -3.79. The highest BCUT2D eigenvalue weighted by molar-refractivity contribution is 7.89. The van der Waals surface area contributed by atoms with E-state index in [9.17, 15) is 13.2 Å². The summed E-state index contributed by atoms with van der Waals surface area (Å²) in [5.74, 6) is 0.398. The molecule has 184 valence electrons. The number of anilines is 1. The summed E-state index contributed by atoms with van der Waals surface area (Å²) < 4.78 is 45.9. The number of amides is 1. The van der Waals surface area contributed by atoms with E-state index >= 15 is 0 Å². The summed E-state index contributed by atoms with van der Waals surface area (Å²) >= 11 is 0. The molecule has 2 saturated heterocycles. The fraction of sp³-hybridized carbons (Fsp3) is 0.346. The molecule has 0 bridgehead atoms. The van der Waals surface area contributed by atoms with Crippen molar-refractivity contribution in [3.63, 3.8) is 0 Å². The summed E-state index contributed by atoms with van der Waals surface area (Å²) in [6.45, 7) is 4.46. The van der Waals surface area contributed by atoms with E-state index in [1.54, 1.807) is 18.2 Å². The van der Waals surface area contributed by atoms with Gasteiger partial charge in [-0.1, -0.05) is 56.3 Å². The standard InChI is InChI=1S/C26H28N2O6S/c1-16(2)17-7-10-20(11-8-17)27-26(29)34-23-15-33-24-22(14-32-25(23)24)28-35(30,31)21-12-9-18-5-3-4-6-19(18)13-21/h3-13,16,22-25,28H,14-15H2,1-2H3,(H,27,29). The predicted octanol–water partition coefficient (Wildman–Crippen LogP) is 4.03. The first-order valence-corrected chi connectivity index (χ1v) is 13.1. The molecule has 0 saturated carbocycles. The zero-order valence-electron chi connectivity index (χ0n) is 19.5. The molecule has 0 spiro atoms. The molecule has 9 heteroatoms. The molecule has 3 aromatic rings. The van der Waals surface area contributed by atoms with E-state index in [1.807, 2.05) is 48.5 Å². The lowest BCUT2D eigenvalue weighted by Crippen LogP contribution is -2.44. The van der Waals surface area contributed by atoms with Crippen molar-refractivity contribution in [2.45, 2.75) is 49.0 Å². The Morgan fingerprint density at radius 3 is 2.40 bits per heavy atom. The van der Waals surface area contributed by atoms with E-state index in [1.165, 1.54) is 5.56 Å². The first-order valence-electron chi connectivity index (χ1n) is 11.6. The number of sulfonamides is 1. The first-order chi connectivity index (χ1) is 16.8. The number of benzene rings is 3. The number of ether oxygens (including phenoxy) is 3. The molecular formula is C26H28N2O6S. The molecule has 4 unspecified atom stereocenters. The molecule has 2 N–H and O–H groups in total. The van der Waals surface area contributed by atoms with Crippen LogP contribution in [-0.2, 0) is 24.2 Å². The van der Waals surface area contributed by atoms with Gasteiger partial charge in [-0.15, -0.1) is 0 Å². The summed E-state index contributed by atoms with van der Waals surface area (Å²) in [6, 6.07) is 19.6. The number of rotatable bonds is 6. The van der Waals surface area contributed by atoms with Crippen molar-refractivity contribution in [2.24, 2.45) is 0 Å². The average molecular weight is 497 g/mol. The largest absolute Gasteiger partial charge is 0.441 e. The summed E-state index contributed by atoms with van der Waals surface area (Å²) in [4.78, 5) is 12.6. The number of nitrogens with one attached hydrogen (secondary N) is 2. The highest BCUT2D eigenvalue weighted by atomic mass is 32.2. The van der Waals surface area contributed by atoms with Crippen LogP contribution < -0.4 is 10.0 Å². The van der Waals surface area contributed by atoms with Crippen LogP contribution in [0, 0.1) is 0 Å². The number of hydrogen-bond acceptors (Lipinski definition) is 6. The molecule has 4 atom stereocenters. The average Bonchev–Trinajstić information content (AvgIpc) is 3.42. The molecule has 1 amide bonds. The second-order valence-corrected chi connectivity index (χ2v) is 10.9. The Balaban J connectivity index is 1.20. The van der Waals surface area contributed by atoms with Crippen LogP contribution in [0.2, 0.25) is 0 Å². The zero-order chi connectivity index (χ0) is 24.6. The normalized spacial score (nSPS) is 24.0. The summed E-state index contributed by atoms with van der Waals surface area (Å²) in [5, 5.41) is 4.52. The van der Waals surface area contributed by atoms with Gasteiger partial charge in [-0.25, -0.2) is 17.9 Å². The molecule has 8 nitrogen and oxygen atoms in total. The minimum atomic E-state index is -3.79. The lowest BCUT2D eigenvalue weighted by molar-refractivity contribution is 0.00883. The van der Waals surface area contributed by atoms with Crippen LogP contribution in [0.25, 0.3) is 10.8 Å². The van der Waals surface area contributed by atoms with Crippen molar-refractivity contribution in [2.75, 3.05) is 18.5 Å². The maximum absolute atomic E-state index is 13.0. The van der Waals surface area contributed by atoms with Crippen LogP contribution in [0.3, 0.4) is 0 Å². The Labute approximate surface area is 204 Å². The molecule has 3 aromatic carbocycles. The Hall–Kier alpha value is -2.98. The van der Waals surface area contributed by atoms with Crippen LogP contribution >= 0.6 is 0 Å². The van der Waals surface area contributed by atoms with E-state index in [-0.39, 0.29) is 18.1 Å². The van der Waals surface area contributed by atoms with Crippen molar-refractivity contribution >= 4 is 32.6 Å². The van der Waals surface area contributed by atoms with Gasteiger partial charge in [0, 0.05) is 5.69 Å². The van der Waals surface area contributed by atoms with Crippen LogP contribution in [-0.4, -0.2) is 52.1 Å². The molecule has 0 radical (unpaired) electrons. The van der Waals surface area contributed by atoms with Gasteiger partial charge in [-0.2, -0.15) is 0 Å². The highest BCUT2D eigenvalue weighted by Crippen LogP contribution is 2.30. The number of carbonyl (C=O) groups excluding carboxylic acids is 1. The fourth-order valence-corrected chi connectivity index (χ4v) is 5.77. The molecular weight excluding hydrogens is 468 g/mol. The van der Waals surface area contributed by atoms with Crippen LogP contribution in [0.4, 0.5) is 10.5 Å². The van der Waals surface area contributed by atoms with Crippen LogP contribution in [0.15, 0.2) is 71.6 Å². The van der Waals surface area contributed by atoms with Crippen LogP contribution in [0.1, 0.15) is 25.3 Å². The van der Waals surface area contributed by atoms with Gasteiger partial charge in [-0.3, -0.25) is 5.32 Å². The molecule has 35 heavy (non-hydrogen) atoms. The molecule has 2 heterocycles. The van der Waals surface area contributed by atoms with E-state index < -0.39 is 40.5 Å². The number of hydrogen-bond donors (Lipinski definition) is 2. The van der Waals surface area contributed by atoms with Gasteiger partial charge < -0.3 is 14.2 Å². The smallest absolute Gasteiger partial charge is 0.412 e. The molecule has 2 aliphatic heterocycles.